The number of ether oxygens (including phenoxy) is 2. The fourth-order valence-electron chi connectivity index (χ4n) is 2.87. The van der Waals surface area contributed by atoms with Gasteiger partial charge in [-0.15, -0.1) is 0 Å². The number of aliphatic carboxylic acids is 1. The van der Waals surface area contributed by atoms with Crippen LogP contribution < -0.4 is 5.32 Å². The Balaban J connectivity index is 1.79. The lowest BCUT2D eigenvalue weighted by molar-refractivity contribution is -0.137. The van der Waals surface area contributed by atoms with E-state index >= 15 is 0 Å². The second-order valence-electron chi connectivity index (χ2n) is 5.97. The fraction of sp³-hybridized carbons (Fsp3) is 0.600. The highest BCUT2D eigenvalue weighted by atomic mass is 16.6. The van der Waals surface area contributed by atoms with E-state index in [1.807, 2.05) is 0 Å². The normalized spacial score (nSPS) is 25.7. The first-order chi connectivity index (χ1) is 12.5. The first kappa shape index (κ1) is 18.5. The molecule has 3 rings (SSSR count). The van der Waals surface area contributed by atoms with Crippen LogP contribution in [0.2, 0.25) is 0 Å². The van der Waals surface area contributed by atoms with Crippen LogP contribution in [0.1, 0.15) is 19.1 Å². The minimum atomic E-state index is -1.16. The predicted molar refractivity (Wildman–Crippen MR) is 88.5 cm³/mol. The molecule has 3 heterocycles. The van der Waals surface area contributed by atoms with Crippen LogP contribution in [0.25, 0.3) is 11.2 Å². The summed E-state index contributed by atoms with van der Waals surface area (Å²) >= 11 is 0. The number of carboxylic acid groups (broad SMARTS) is 1. The Morgan fingerprint density at radius 2 is 2.15 bits per heavy atom. The maximum atomic E-state index is 10.6. The average molecular weight is 367 g/mol. The number of hydrogen-bond acceptors (Lipinski definition) is 9. The monoisotopic (exact) mass is 367 g/mol. The Morgan fingerprint density at radius 1 is 1.35 bits per heavy atom. The maximum absolute atomic E-state index is 10.6. The van der Waals surface area contributed by atoms with Crippen molar-refractivity contribution in [3.05, 3.63) is 12.7 Å². The highest BCUT2D eigenvalue weighted by Crippen LogP contribution is 2.32. The molecule has 0 spiro atoms. The van der Waals surface area contributed by atoms with Crippen molar-refractivity contribution in [1.29, 1.82) is 0 Å². The lowest BCUT2D eigenvalue weighted by atomic mass is 10.1. The Labute approximate surface area is 148 Å². The minimum Gasteiger partial charge on any atom is -0.481 e. The van der Waals surface area contributed by atoms with E-state index in [-0.39, 0.29) is 13.0 Å². The number of fused-ring (bicyclic) bond motifs is 1. The third kappa shape index (κ3) is 3.60. The topological polar surface area (TPSA) is 152 Å². The Kier molecular flexibility index (Phi) is 5.61. The van der Waals surface area contributed by atoms with Gasteiger partial charge in [0.2, 0.25) is 0 Å². The lowest BCUT2D eigenvalue weighted by Crippen LogP contribution is -2.33. The molecule has 1 saturated heterocycles. The molecule has 0 saturated carbocycles. The molecular formula is C15H21N5O6. The van der Waals surface area contributed by atoms with Crippen molar-refractivity contribution in [3.8, 4) is 0 Å². The number of aromatic nitrogens is 4. The van der Waals surface area contributed by atoms with Crippen LogP contribution in [0.4, 0.5) is 5.82 Å². The third-order valence-electron chi connectivity index (χ3n) is 4.16. The van der Waals surface area contributed by atoms with Crippen LogP contribution in [0.5, 0.6) is 0 Å². The largest absolute Gasteiger partial charge is 0.481 e. The number of imidazole rings is 1. The van der Waals surface area contributed by atoms with Gasteiger partial charge in [-0.2, -0.15) is 0 Å². The molecule has 0 aromatic carbocycles. The number of methoxy groups -OCH3 is 1. The van der Waals surface area contributed by atoms with E-state index in [0.717, 1.165) is 0 Å². The van der Waals surface area contributed by atoms with Crippen molar-refractivity contribution in [2.24, 2.45) is 0 Å². The van der Waals surface area contributed by atoms with Crippen LogP contribution in [-0.4, -0.2) is 79.4 Å². The van der Waals surface area contributed by atoms with Crippen molar-refractivity contribution in [1.82, 2.24) is 19.5 Å². The van der Waals surface area contributed by atoms with E-state index in [9.17, 15) is 15.0 Å². The van der Waals surface area contributed by atoms with Gasteiger partial charge in [-0.05, 0) is 6.42 Å². The number of carbonyl (C=O) groups is 1. The number of carboxylic acids is 1. The molecule has 11 heteroatoms. The number of aliphatic hydroxyl groups is 2. The summed E-state index contributed by atoms with van der Waals surface area (Å²) in [5, 5.41) is 32.1. The van der Waals surface area contributed by atoms with Crippen molar-refractivity contribution in [3.63, 3.8) is 0 Å². The van der Waals surface area contributed by atoms with Crippen LogP contribution in [-0.2, 0) is 14.3 Å². The van der Waals surface area contributed by atoms with Crippen LogP contribution in [0.15, 0.2) is 12.7 Å². The average Bonchev–Trinajstić information content (AvgIpc) is 3.16. The quantitative estimate of drug-likeness (QED) is 0.444. The maximum Gasteiger partial charge on any atom is 0.303 e. The molecule has 0 aliphatic carbocycles. The first-order valence-corrected chi connectivity index (χ1v) is 8.16. The van der Waals surface area contributed by atoms with Gasteiger partial charge in [0, 0.05) is 20.1 Å². The molecule has 1 aliphatic heterocycles. The fourth-order valence-corrected chi connectivity index (χ4v) is 2.87. The highest BCUT2D eigenvalue weighted by Gasteiger charge is 2.44. The van der Waals surface area contributed by atoms with Gasteiger partial charge < -0.3 is 30.1 Å². The van der Waals surface area contributed by atoms with Gasteiger partial charge >= 0.3 is 5.97 Å². The lowest BCUT2D eigenvalue weighted by Gasteiger charge is -2.16. The van der Waals surface area contributed by atoms with Crippen LogP contribution in [0.3, 0.4) is 0 Å². The van der Waals surface area contributed by atoms with E-state index in [1.54, 1.807) is 0 Å². The van der Waals surface area contributed by atoms with Crippen molar-refractivity contribution < 1.29 is 29.6 Å². The molecular weight excluding hydrogens is 346 g/mol. The molecule has 1 fully saturated rings. The third-order valence-corrected chi connectivity index (χ3v) is 4.16. The summed E-state index contributed by atoms with van der Waals surface area (Å²) in [7, 11) is 1.48. The second-order valence-corrected chi connectivity index (χ2v) is 5.97. The molecule has 4 N–H and O–H groups in total. The van der Waals surface area contributed by atoms with E-state index < -0.39 is 30.5 Å². The predicted octanol–water partition coefficient (Wildman–Crippen LogP) is -0.631. The van der Waals surface area contributed by atoms with Crippen molar-refractivity contribution in [2.75, 3.05) is 25.6 Å². The summed E-state index contributed by atoms with van der Waals surface area (Å²) in [6.45, 7) is 0.565. The number of rotatable bonds is 8. The number of aliphatic hydroxyl groups excluding tert-OH is 2. The Hall–Kier alpha value is -2.34. The molecule has 0 unspecified atom stereocenters. The zero-order valence-corrected chi connectivity index (χ0v) is 14.1. The summed E-state index contributed by atoms with van der Waals surface area (Å²) in [6, 6.07) is 0. The highest BCUT2D eigenvalue weighted by molar-refractivity contribution is 5.82. The smallest absolute Gasteiger partial charge is 0.303 e. The van der Waals surface area contributed by atoms with E-state index in [0.29, 0.717) is 29.9 Å². The first-order valence-electron chi connectivity index (χ1n) is 8.16. The molecule has 1 aliphatic rings. The number of anilines is 1. The molecule has 0 radical (unpaired) electrons. The van der Waals surface area contributed by atoms with Gasteiger partial charge in [-0.1, -0.05) is 0 Å². The van der Waals surface area contributed by atoms with E-state index in [4.69, 9.17) is 14.6 Å². The zero-order chi connectivity index (χ0) is 18.7. The molecule has 26 heavy (non-hydrogen) atoms. The number of nitrogens with one attached hydrogen (secondary N) is 1. The standard InChI is InChI=1S/C15H21N5O6/c1-25-5-8-11(23)12(24)15(26-8)20-7-19-10-13(17-6-18-14(10)20)16-4-2-3-9(21)22/h6-8,11-12,15,23-24H,2-5H2,1H3,(H,21,22)(H,16,17,18)/t8-,11-,12-,15-/m1/s1. The van der Waals surface area contributed by atoms with Crippen LogP contribution in [0, 0.1) is 0 Å². The summed E-state index contributed by atoms with van der Waals surface area (Å²) in [6.07, 6.45) is -0.477. The van der Waals surface area contributed by atoms with E-state index in [1.165, 1.54) is 24.3 Å². The number of hydrogen-bond donors (Lipinski definition) is 4. The molecule has 0 amide bonds. The van der Waals surface area contributed by atoms with Gasteiger partial charge in [-0.25, -0.2) is 15.0 Å². The molecule has 4 atom stereocenters. The van der Waals surface area contributed by atoms with Crippen LogP contribution >= 0.6 is 0 Å². The molecule has 2 aromatic rings. The van der Waals surface area contributed by atoms with Crippen molar-refractivity contribution >= 4 is 23.0 Å². The molecule has 2 aromatic heterocycles. The van der Waals surface area contributed by atoms with Gasteiger partial charge in [0.1, 0.15) is 24.6 Å². The molecule has 142 valence electrons. The Bertz CT molecular complexity index is 768. The van der Waals surface area contributed by atoms with Crippen molar-refractivity contribution in [2.45, 2.75) is 37.4 Å². The zero-order valence-electron chi connectivity index (χ0n) is 14.1. The SMILES string of the molecule is COC[C@H]1O[C@@H](n2cnc3c(NCCCC(=O)O)ncnc32)[C@H](O)[C@@H]1O. The van der Waals surface area contributed by atoms with Gasteiger partial charge in [0.05, 0.1) is 12.9 Å². The summed E-state index contributed by atoms with van der Waals surface area (Å²) in [4.78, 5) is 23.1. The molecule has 11 nitrogen and oxygen atoms in total. The van der Waals surface area contributed by atoms with Gasteiger partial charge in [0.15, 0.2) is 23.2 Å². The van der Waals surface area contributed by atoms with Gasteiger partial charge in [0.25, 0.3) is 0 Å². The number of nitrogens with zero attached hydrogens (tertiary/aromatic N) is 4. The summed E-state index contributed by atoms with van der Waals surface area (Å²) in [5.41, 5.74) is 0.887. The Morgan fingerprint density at radius 3 is 2.88 bits per heavy atom. The van der Waals surface area contributed by atoms with Gasteiger partial charge in [-0.3, -0.25) is 9.36 Å². The second kappa shape index (κ2) is 7.91. The summed E-state index contributed by atoms with van der Waals surface area (Å²) < 4.78 is 12.2. The minimum absolute atomic E-state index is 0.0521. The molecule has 0 bridgehead atoms. The van der Waals surface area contributed by atoms with E-state index in [2.05, 4.69) is 20.3 Å². The summed E-state index contributed by atoms with van der Waals surface area (Å²) in [5.74, 6) is -0.402.